The second-order valence-corrected chi connectivity index (χ2v) is 9.02. The minimum absolute atomic E-state index is 0.220. The summed E-state index contributed by atoms with van der Waals surface area (Å²) in [5.41, 5.74) is 5.13. The maximum Gasteiger partial charge on any atom is 0.258 e. The van der Waals surface area contributed by atoms with Gasteiger partial charge in [-0.2, -0.15) is 0 Å². The second kappa shape index (κ2) is 8.26. The summed E-state index contributed by atoms with van der Waals surface area (Å²) < 4.78 is 0.839. The van der Waals surface area contributed by atoms with E-state index in [0.717, 1.165) is 43.4 Å². The van der Waals surface area contributed by atoms with Gasteiger partial charge in [0.15, 0.2) is 4.34 Å². The fourth-order valence-electron chi connectivity index (χ4n) is 3.15. The molecule has 0 radical (unpaired) electrons. The first-order valence-electron chi connectivity index (χ1n) is 9.15. The molecular weight excluding hydrogens is 402 g/mol. The zero-order valence-electron chi connectivity index (χ0n) is 16.3. The number of benzene rings is 1. The highest BCUT2D eigenvalue weighted by Crippen LogP contribution is 2.29. The summed E-state index contributed by atoms with van der Waals surface area (Å²) in [6.07, 6.45) is 3.44. The van der Waals surface area contributed by atoms with Crippen LogP contribution in [0.5, 0.6) is 0 Å². The number of aryl methyl sites for hydroxylation is 2. The number of rotatable bonds is 5. The Morgan fingerprint density at radius 3 is 2.69 bits per heavy atom. The molecular formula is C21H19N5OS2. The van der Waals surface area contributed by atoms with Crippen molar-refractivity contribution in [2.75, 3.05) is 11.1 Å². The summed E-state index contributed by atoms with van der Waals surface area (Å²) in [7, 11) is 0. The zero-order valence-corrected chi connectivity index (χ0v) is 17.9. The Bertz CT molecular complexity index is 1190. The number of thioether (sulfide) groups is 1. The Labute approximate surface area is 176 Å². The van der Waals surface area contributed by atoms with Crippen molar-refractivity contribution >= 4 is 45.0 Å². The molecule has 0 bridgehead atoms. The summed E-state index contributed by atoms with van der Waals surface area (Å²) in [5, 5.41) is 12.4. The molecule has 6 nitrogen and oxygen atoms in total. The number of pyridine rings is 2. The molecule has 0 unspecified atom stereocenters. The molecule has 1 N–H and O–H groups in total. The Morgan fingerprint density at radius 2 is 1.93 bits per heavy atom. The van der Waals surface area contributed by atoms with Gasteiger partial charge in [0.05, 0.1) is 16.8 Å². The lowest BCUT2D eigenvalue weighted by atomic mass is 9.99. The van der Waals surface area contributed by atoms with Crippen molar-refractivity contribution in [2.45, 2.75) is 25.1 Å². The van der Waals surface area contributed by atoms with E-state index in [9.17, 15) is 4.79 Å². The highest BCUT2D eigenvalue weighted by molar-refractivity contribution is 8.01. The number of fused-ring (bicyclic) bond motifs is 1. The second-order valence-electron chi connectivity index (χ2n) is 6.53. The number of hydrogen-bond donors (Lipinski definition) is 1. The van der Waals surface area contributed by atoms with Gasteiger partial charge in [0.25, 0.3) is 5.91 Å². The van der Waals surface area contributed by atoms with E-state index in [2.05, 4.69) is 33.5 Å². The van der Waals surface area contributed by atoms with Crippen LogP contribution in [0.3, 0.4) is 0 Å². The fourth-order valence-corrected chi connectivity index (χ4v) is 4.79. The van der Waals surface area contributed by atoms with Crippen molar-refractivity contribution < 1.29 is 4.79 Å². The molecule has 8 heteroatoms. The van der Waals surface area contributed by atoms with Crippen LogP contribution < -0.4 is 5.32 Å². The number of nitrogens with one attached hydrogen (secondary N) is 1. The summed E-state index contributed by atoms with van der Waals surface area (Å²) in [4.78, 5) is 22.1. The van der Waals surface area contributed by atoms with Crippen LogP contribution in [-0.2, 0) is 0 Å². The predicted octanol–water partition coefficient (Wildman–Crippen LogP) is 5.13. The minimum atomic E-state index is -0.220. The SMILES string of the molecule is CCSc1nnc(NC(=O)c2cc(-c3ccncc3)nc3c(C)cc(C)cc23)s1. The molecule has 4 aromatic rings. The van der Waals surface area contributed by atoms with Crippen LogP contribution in [0.15, 0.2) is 47.1 Å². The van der Waals surface area contributed by atoms with E-state index in [1.807, 2.05) is 38.1 Å². The lowest BCUT2D eigenvalue weighted by Crippen LogP contribution is -2.13. The normalized spacial score (nSPS) is 11.0. The first-order valence-corrected chi connectivity index (χ1v) is 11.0. The third kappa shape index (κ3) is 4.13. The van der Waals surface area contributed by atoms with Crippen molar-refractivity contribution in [1.29, 1.82) is 0 Å². The lowest BCUT2D eigenvalue weighted by molar-refractivity contribution is 0.102. The summed E-state index contributed by atoms with van der Waals surface area (Å²) in [6, 6.07) is 9.68. The largest absolute Gasteiger partial charge is 0.296 e. The molecule has 4 rings (SSSR count). The molecule has 0 fully saturated rings. The quantitative estimate of drug-likeness (QED) is 0.355. The van der Waals surface area contributed by atoms with Crippen LogP contribution >= 0.6 is 23.1 Å². The Balaban J connectivity index is 1.81. The number of aromatic nitrogens is 4. The number of nitrogens with zero attached hydrogens (tertiary/aromatic N) is 4. The van der Waals surface area contributed by atoms with E-state index < -0.39 is 0 Å². The highest BCUT2D eigenvalue weighted by Gasteiger charge is 2.17. The number of anilines is 1. The van der Waals surface area contributed by atoms with Crippen molar-refractivity contribution in [3.05, 3.63) is 59.4 Å². The van der Waals surface area contributed by atoms with Crippen LogP contribution in [-0.4, -0.2) is 31.8 Å². The standard InChI is InChI=1S/C21H19N5OS2/c1-4-28-21-26-25-20(29-21)24-19(27)16-11-17(14-5-7-22-8-6-14)23-18-13(3)9-12(2)10-15(16)18/h5-11H,4H2,1-3H3,(H,24,25,27). The molecule has 3 heterocycles. The van der Waals surface area contributed by atoms with Gasteiger partial charge in [0.1, 0.15) is 0 Å². The molecule has 0 spiro atoms. The fraction of sp³-hybridized carbons (Fsp3) is 0.190. The van der Waals surface area contributed by atoms with E-state index in [1.54, 1.807) is 24.2 Å². The molecule has 3 aromatic heterocycles. The first-order chi connectivity index (χ1) is 14.0. The molecule has 1 amide bonds. The number of carbonyl (C=O) groups excluding carboxylic acids is 1. The maximum absolute atomic E-state index is 13.2. The van der Waals surface area contributed by atoms with E-state index in [0.29, 0.717) is 10.7 Å². The van der Waals surface area contributed by atoms with Crippen LogP contribution in [0.4, 0.5) is 5.13 Å². The average Bonchev–Trinajstić information content (AvgIpc) is 3.15. The Kier molecular flexibility index (Phi) is 5.55. The van der Waals surface area contributed by atoms with Crippen LogP contribution in [0.25, 0.3) is 22.2 Å². The molecule has 0 saturated heterocycles. The smallest absolute Gasteiger partial charge is 0.258 e. The number of carbonyl (C=O) groups is 1. The van der Waals surface area contributed by atoms with Crippen molar-refractivity contribution in [2.24, 2.45) is 0 Å². The third-order valence-electron chi connectivity index (χ3n) is 4.36. The van der Waals surface area contributed by atoms with E-state index in [-0.39, 0.29) is 5.91 Å². The van der Waals surface area contributed by atoms with Crippen molar-refractivity contribution in [3.63, 3.8) is 0 Å². The zero-order chi connectivity index (χ0) is 20.4. The molecule has 29 heavy (non-hydrogen) atoms. The molecule has 0 aliphatic carbocycles. The first kappa shape index (κ1) is 19.5. The maximum atomic E-state index is 13.2. The number of hydrogen-bond acceptors (Lipinski definition) is 7. The van der Waals surface area contributed by atoms with Gasteiger partial charge >= 0.3 is 0 Å². The topological polar surface area (TPSA) is 80.7 Å². The third-order valence-corrected chi connectivity index (χ3v) is 6.22. The van der Waals surface area contributed by atoms with Gasteiger partial charge in [-0.05, 0) is 49.4 Å². The summed E-state index contributed by atoms with van der Waals surface area (Å²) >= 11 is 2.98. The van der Waals surface area contributed by atoms with Gasteiger partial charge < -0.3 is 0 Å². The predicted molar refractivity (Wildman–Crippen MR) is 119 cm³/mol. The van der Waals surface area contributed by atoms with Gasteiger partial charge in [0, 0.05) is 23.3 Å². The van der Waals surface area contributed by atoms with Crippen molar-refractivity contribution in [1.82, 2.24) is 20.2 Å². The molecule has 0 aliphatic heterocycles. The average molecular weight is 422 g/mol. The number of amides is 1. The van der Waals surface area contributed by atoms with Gasteiger partial charge in [-0.15, -0.1) is 10.2 Å². The van der Waals surface area contributed by atoms with Crippen molar-refractivity contribution in [3.8, 4) is 11.3 Å². The minimum Gasteiger partial charge on any atom is -0.296 e. The summed E-state index contributed by atoms with van der Waals surface area (Å²) in [5.74, 6) is 0.688. The van der Waals surface area contributed by atoms with Gasteiger partial charge in [0.2, 0.25) is 5.13 Å². The van der Waals surface area contributed by atoms with Crippen LogP contribution in [0, 0.1) is 13.8 Å². The highest BCUT2D eigenvalue weighted by atomic mass is 32.2. The van der Waals surface area contributed by atoms with Crippen LogP contribution in [0.2, 0.25) is 0 Å². The van der Waals surface area contributed by atoms with Gasteiger partial charge in [-0.3, -0.25) is 15.1 Å². The van der Waals surface area contributed by atoms with Gasteiger partial charge in [-0.1, -0.05) is 41.7 Å². The molecule has 0 atom stereocenters. The molecule has 1 aromatic carbocycles. The van der Waals surface area contributed by atoms with E-state index in [1.165, 1.54) is 11.3 Å². The van der Waals surface area contributed by atoms with Crippen LogP contribution in [0.1, 0.15) is 28.4 Å². The summed E-state index contributed by atoms with van der Waals surface area (Å²) in [6.45, 7) is 6.09. The molecule has 146 valence electrons. The Hall–Kier alpha value is -2.84. The van der Waals surface area contributed by atoms with E-state index >= 15 is 0 Å². The lowest BCUT2D eigenvalue weighted by Gasteiger charge is -2.12. The van der Waals surface area contributed by atoms with Gasteiger partial charge in [-0.25, -0.2) is 4.98 Å². The Morgan fingerprint density at radius 1 is 1.14 bits per heavy atom. The monoisotopic (exact) mass is 421 g/mol. The van der Waals surface area contributed by atoms with E-state index in [4.69, 9.17) is 4.98 Å². The molecule has 0 aliphatic rings. The molecule has 0 saturated carbocycles.